The van der Waals surface area contributed by atoms with Crippen LogP contribution >= 0.6 is 11.3 Å². The van der Waals surface area contributed by atoms with Crippen LogP contribution in [0.15, 0.2) is 36.7 Å². The summed E-state index contributed by atoms with van der Waals surface area (Å²) in [4.78, 5) is 23.1. The van der Waals surface area contributed by atoms with Gasteiger partial charge < -0.3 is 9.47 Å². The molecule has 1 aliphatic heterocycles. The summed E-state index contributed by atoms with van der Waals surface area (Å²) in [5, 5.41) is 0. The van der Waals surface area contributed by atoms with Crippen molar-refractivity contribution >= 4 is 28.3 Å². The monoisotopic (exact) mass is 372 g/mol. The second-order valence-electron chi connectivity index (χ2n) is 6.62. The summed E-state index contributed by atoms with van der Waals surface area (Å²) >= 11 is 1.56. The van der Waals surface area contributed by atoms with E-state index in [-0.39, 0.29) is 11.7 Å². The summed E-state index contributed by atoms with van der Waals surface area (Å²) in [5.41, 5.74) is 1.64. The maximum atomic E-state index is 13.3. The molecule has 0 atom stereocenters. The highest BCUT2D eigenvalue weighted by Crippen LogP contribution is 2.18. The average molecular weight is 372 g/mol. The Morgan fingerprint density at radius 1 is 1.15 bits per heavy atom. The van der Waals surface area contributed by atoms with Gasteiger partial charge in [0.25, 0.3) is 5.91 Å². The van der Waals surface area contributed by atoms with Crippen LogP contribution in [0.1, 0.15) is 14.5 Å². The van der Waals surface area contributed by atoms with E-state index in [1.807, 2.05) is 24.0 Å². The van der Waals surface area contributed by atoms with Gasteiger partial charge >= 0.3 is 0 Å². The summed E-state index contributed by atoms with van der Waals surface area (Å²) < 4.78 is 15.3. The number of piperazine rings is 1. The van der Waals surface area contributed by atoms with Crippen LogP contribution in [0.25, 0.3) is 11.0 Å². The fourth-order valence-electron chi connectivity index (χ4n) is 3.34. The molecular weight excluding hydrogens is 351 g/mol. The molecule has 0 spiro atoms. The number of fused-ring (bicyclic) bond motifs is 1. The molecule has 5 nitrogen and oxygen atoms in total. The zero-order chi connectivity index (χ0) is 18.1. The van der Waals surface area contributed by atoms with Gasteiger partial charge in [-0.15, -0.1) is 11.3 Å². The smallest absolute Gasteiger partial charge is 0.264 e. The Morgan fingerprint density at radius 2 is 1.96 bits per heavy atom. The number of halogens is 1. The molecular formula is C19H21FN4OS. The highest BCUT2D eigenvalue weighted by atomic mass is 32.1. The highest BCUT2D eigenvalue weighted by Gasteiger charge is 2.22. The number of nitrogens with zero attached hydrogens (tertiary/aromatic N) is 4. The molecule has 0 saturated carbocycles. The molecule has 3 heterocycles. The summed E-state index contributed by atoms with van der Waals surface area (Å²) in [6.45, 7) is 6.98. The Labute approximate surface area is 155 Å². The molecule has 1 fully saturated rings. The zero-order valence-corrected chi connectivity index (χ0v) is 15.5. The van der Waals surface area contributed by atoms with Crippen LogP contribution in [0.3, 0.4) is 0 Å². The molecule has 0 unspecified atom stereocenters. The number of rotatable bonds is 4. The van der Waals surface area contributed by atoms with Crippen molar-refractivity contribution in [3.8, 4) is 0 Å². The van der Waals surface area contributed by atoms with E-state index in [0.717, 1.165) is 49.7 Å². The number of amides is 1. The third kappa shape index (κ3) is 3.50. The van der Waals surface area contributed by atoms with Crippen LogP contribution in [0, 0.1) is 12.7 Å². The van der Waals surface area contributed by atoms with E-state index in [4.69, 9.17) is 0 Å². The first kappa shape index (κ1) is 17.2. The Morgan fingerprint density at radius 3 is 2.69 bits per heavy atom. The number of aryl methyl sites for hydroxylation is 1. The second kappa shape index (κ2) is 7.17. The molecule has 1 aromatic carbocycles. The van der Waals surface area contributed by atoms with E-state index in [9.17, 15) is 9.18 Å². The molecule has 1 saturated heterocycles. The highest BCUT2D eigenvalue weighted by molar-refractivity contribution is 7.13. The number of carbonyl (C=O) groups excluding carboxylic acids is 1. The third-order valence-electron chi connectivity index (χ3n) is 4.85. The van der Waals surface area contributed by atoms with Crippen molar-refractivity contribution < 1.29 is 9.18 Å². The lowest BCUT2D eigenvalue weighted by Gasteiger charge is -2.34. The zero-order valence-electron chi connectivity index (χ0n) is 14.7. The Bertz CT molecular complexity index is 927. The van der Waals surface area contributed by atoms with Gasteiger partial charge in [0.05, 0.1) is 22.2 Å². The number of benzene rings is 1. The van der Waals surface area contributed by atoms with Gasteiger partial charge in [0.2, 0.25) is 0 Å². The fraction of sp³-hybridized carbons (Fsp3) is 0.368. The van der Waals surface area contributed by atoms with Crippen molar-refractivity contribution in [2.45, 2.75) is 13.5 Å². The topological polar surface area (TPSA) is 41.4 Å². The normalized spacial score (nSPS) is 15.7. The van der Waals surface area contributed by atoms with Crippen LogP contribution in [0.5, 0.6) is 0 Å². The number of carbonyl (C=O) groups is 1. The SMILES string of the molecule is Cc1ccc(C(=O)N2CCN(CCn3cnc4cc(F)ccc43)CC2)s1. The van der Waals surface area contributed by atoms with Gasteiger partial charge in [0, 0.05) is 50.2 Å². The maximum Gasteiger partial charge on any atom is 0.264 e. The average Bonchev–Trinajstić information content (AvgIpc) is 3.25. The van der Waals surface area contributed by atoms with E-state index in [2.05, 4.69) is 14.5 Å². The minimum absolute atomic E-state index is 0.144. The summed E-state index contributed by atoms with van der Waals surface area (Å²) in [6, 6.07) is 8.62. The van der Waals surface area contributed by atoms with Crippen molar-refractivity contribution in [1.29, 1.82) is 0 Å². The third-order valence-corrected chi connectivity index (χ3v) is 5.84. The van der Waals surface area contributed by atoms with Crippen LogP contribution in [-0.4, -0.2) is 58.0 Å². The first-order chi connectivity index (χ1) is 12.6. The van der Waals surface area contributed by atoms with Gasteiger partial charge in [-0.2, -0.15) is 0 Å². The predicted octanol–water partition coefficient (Wildman–Crippen LogP) is 3.00. The van der Waals surface area contributed by atoms with Crippen molar-refractivity contribution in [3.63, 3.8) is 0 Å². The van der Waals surface area contributed by atoms with Crippen LogP contribution in [0.2, 0.25) is 0 Å². The lowest BCUT2D eigenvalue weighted by Crippen LogP contribution is -2.49. The molecule has 0 radical (unpaired) electrons. The minimum Gasteiger partial charge on any atom is -0.335 e. The van der Waals surface area contributed by atoms with Crippen molar-refractivity contribution in [3.05, 3.63) is 52.2 Å². The number of aromatic nitrogens is 2. The first-order valence-corrected chi connectivity index (χ1v) is 9.60. The van der Waals surface area contributed by atoms with Gasteiger partial charge in [-0.1, -0.05) is 0 Å². The summed E-state index contributed by atoms with van der Waals surface area (Å²) in [5.74, 6) is -0.116. The van der Waals surface area contributed by atoms with Crippen molar-refractivity contribution in [2.24, 2.45) is 0 Å². The standard InChI is InChI=1S/C19H21FN4OS/c1-14-2-5-18(26-14)19(25)23-9-6-22(7-10-23)8-11-24-13-21-16-12-15(20)3-4-17(16)24/h2-5,12-13H,6-11H2,1H3. The van der Waals surface area contributed by atoms with Gasteiger partial charge in [-0.25, -0.2) is 9.37 Å². The molecule has 0 aliphatic carbocycles. The number of hydrogen-bond acceptors (Lipinski definition) is 4. The molecule has 1 amide bonds. The number of imidazole rings is 1. The maximum absolute atomic E-state index is 13.3. The van der Waals surface area contributed by atoms with Crippen molar-refractivity contribution in [1.82, 2.24) is 19.4 Å². The van der Waals surface area contributed by atoms with Crippen LogP contribution in [0.4, 0.5) is 4.39 Å². The Balaban J connectivity index is 1.31. The van der Waals surface area contributed by atoms with Crippen LogP contribution < -0.4 is 0 Å². The number of thiophene rings is 1. The molecule has 0 bridgehead atoms. The molecule has 2 aromatic heterocycles. The largest absolute Gasteiger partial charge is 0.335 e. The van der Waals surface area contributed by atoms with Gasteiger partial charge in [-0.05, 0) is 31.2 Å². The first-order valence-electron chi connectivity index (χ1n) is 8.78. The molecule has 3 aromatic rings. The molecule has 7 heteroatoms. The predicted molar refractivity (Wildman–Crippen MR) is 101 cm³/mol. The Kier molecular flexibility index (Phi) is 4.74. The van der Waals surface area contributed by atoms with Crippen molar-refractivity contribution in [2.75, 3.05) is 32.7 Å². The minimum atomic E-state index is -0.260. The summed E-state index contributed by atoms with van der Waals surface area (Å²) in [6.07, 6.45) is 1.77. The molecule has 26 heavy (non-hydrogen) atoms. The summed E-state index contributed by atoms with van der Waals surface area (Å²) in [7, 11) is 0. The fourth-order valence-corrected chi connectivity index (χ4v) is 4.18. The van der Waals surface area contributed by atoms with Gasteiger partial charge in [0.15, 0.2) is 0 Å². The van der Waals surface area contributed by atoms with Gasteiger partial charge in [0.1, 0.15) is 5.82 Å². The van der Waals surface area contributed by atoms with E-state index >= 15 is 0 Å². The molecule has 1 aliphatic rings. The van der Waals surface area contributed by atoms with E-state index < -0.39 is 0 Å². The lowest BCUT2D eigenvalue weighted by molar-refractivity contribution is 0.0638. The van der Waals surface area contributed by atoms with Crippen LogP contribution in [-0.2, 0) is 6.54 Å². The molecule has 0 N–H and O–H groups in total. The molecule has 4 rings (SSSR count). The Hall–Kier alpha value is -2.25. The molecule has 136 valence electrons. The van der Waals surface area contributed by atoms with E-state index in [1.165, 1.54) is 17.0 Å². The van der Waals surface area contributed by atoms with E-state index in [1.54, 1.807) is 23.7 Å². The van der Waals surface area contributed by atoms with Gasteiger partial charge in [-0.3, -0.25) is 9.69 Å². The van der Waals surface area contributed by atoms with E-state index in [0.29, 0.717) is 5.52 Å². The quantitative estimate of drug-likeness (QED) is 0.707. The lowest BCUT2D eigenvalue weighted by atomic mass is 10.3. The number of hydrogen-bond donors (Lipinski definition) is 0. The second-order valence-corrected chi connectivity index (χ2v) is 7.90.